The van der Waals surface area contributed by atoms with Gasteiger partial charge in [-0.25, -0.2) is 4.63 Å². The third-order valence-corrected chi connectivity index (χ3v) is 2.21. The Kier molecular flexibility index (Phi) is 2.40. The number of nitrogens with zero attached hydrogens (tertiary/aromatic N) is 4. The molecule has 0 aliphatic rings. The summed E-state index contributed by atoms with van der Waals surface area (Å²) in [5.41, 5.74) is 3.59. The lowest BCUT2D eigenvalue weighted by Crippen LogP contribution is -2.01. The maximum Gasteiger partial charge on any atom is 0.127 e. The minimum absolute atomic E-state index is 0.599. The third kappa shape index (κ3) is 1.98. The van der Waals surface area contributed by atoms with Crippen LogP contribution in [-0.2, 0) is 13.6 Å². The topological polar surface area (TPSA) is 68.8 Å². The highest BCUT2D eigenvalue weighted by molar-refractivity contribution is 5.45. The molecule has 0 saturated heterocycles. The van der Waals surface area contributed by atoms with Crippen molar-refractivity contribution in [2.24, 2.45) is 7.05 Å². The van der Waals surface area contributed by atoms with Crippen LogP contribution in [0.2, 0.25) is 0 Å². The first kappa shape index (κ1) is 9.70. The van der Waals surface area contributed by atoms with E-state index in [0.717, 1.165) is 22.8 Å². The van der Waals surface area contributed by atoms with Crippen molar-refractivity contribution in [3.63, 3.8) is 0 Å². The smallest absolute Gasteiger partial charge is 0.127 e. The molecule has 6 heteroatoms. The van der Waals surface area contributed by atoms with E-state index in [1.54, 1.807) is 4.68 Å². The average Bonchev–Trinajstić information content (AvgIpc) is 2.70. The van der Waals surface area contributed by atoms with E-state index in [1.165, 1.54) is 0 Å². The van der Waals surface area contributed by atoms with Crippen molar-refractivity contribution >= 4 is 5.69 Å². The lowest BCUT2D eigenvalue weighted by Gasteiger charge is -2.00. The summed E-state index contributed by atoms with van der Waals surface area (Å²) in [6.07, 6.45) is 1.93. The SMILES string of the molecule is Cc1nn(C)cc1NCc1nonc1C. The van der Waals surface area contributed by atoms with Crippen LogP contribution in [0.3, 0.4) is 0 Å². The molecule has 0 aliphatic carbocycles. The maximum atomic E-state index is 4.61. The molecule has 2 heterocycles. The zero-order chi connectivity index (χ0) is 10.8. The van der Waals surface area contributed by atoms with Crippen LogP contribution in [0.4, 0.5) is 5.69 Å². The van der Waals surface area contributed by atoms with Crippen molar-refractivity contribution < 1.29 is 4.63 Å². The molecule has 0 bridgehead atoms. The Morgan fingerprint density at radius 1 is 1.33 bits per heavy atom. The second-order valence-electron chi connectivity index (χ2n) is 3.45. The molecule has 0 fully saturated rings. The van der Waals surface area contributed by atoms with E-state index in [1.807, 2.05) is 27.1 Å². The van der Waals surface area contributed by atoms with Gasteiger partial charge in [0.15, 0.2) is 0 Å². The largest absolute Gasteiger partial charge is 0.376 e. The predicted molar refractivity (Wildman–Crippen MR) is 54.3 cm³/mol. The Morgan fingerprint density at radius 2 is 2.13 bits per heavy atom. The van der Waals surface area contributed by atoms with Crippen LogP contribution in [0.25, 0.3) is 0 Å². The molecule has 0 spiro atoms. The second-order valence-corrected chi connectivity index (χ2v) is 3.45. The van der Waals surface area contributed by atoms with Gasteiger partial charge in [-0.15, -0.1) is 0 Å². The average molecular weight is 207 g/mol. The molecular weight excluding hydrogens is 194 g/mol. The van der Waals surface area contributed by atoms with Crippen LogP contribution in [0.15, 0.2) is 10.8 Å². The minimum Gasteiger partial charge on any atom is -0.376 e. The van der Waals surface area contributed by atoms with Gasteiger partial charge in [-0.1, -0.05) is 10.3 Å². The first-order chi connectivity index (χ1) is 7.16. The molecule has 0 saturated carbocycles. The van der Waals surface area contributed by atoms with E-state index >= 15 is 0 Å². The van der Waals surface area contributed by atoms with Gasteiger partial charge in [0, 0.05) is 13.2 Å². The molecule has 1 N–H and O–H groups in total. The molecule has 0 radical (unpaired) electrons. The Morgan fingerprint density at radius 3 is 2.67 bits per heavy atom. The molecule has 0 aliphatic heterocycles. The van der Waals surface area contributed by atoms with Crippen LogP contribution in [0.5, 0.6) is 0 Å². The van der Waals surface area contributed by atoms with Crippen LogP contribution < -0.4 is 5.32 Å². The van der Waals surface area contributed by atoms with Crippen molar-refractivity contribution in [2.45, 2.75) is 20.4 Å². The molecule has 0 atom stereocenters. The van der Waals surface area contributed by atoms with E-state index in [9.17, 15) is 0 Å². The fraction of sp³-hybridized carbons (Fsp3) is 0.444. The summed E-state index contributed by atoms with van der Waals surface area (Å²) in [5, 5.41) is 15.0. The van der Waals surface area contributed by atoms with Gasteiger partial charge in [-0.2, -0.15) is 5.10 Å². The summed E-state index contributed by atoms with van der Waals surface area (Å²) in [6.45, 7) is 4.42. The third-order valence-electron chi connectivity index (χ3n) is 2.21. The van der Waals surface area contributed by atoms with Gasteiger partial charge in [0.1, 0.15) is 11.4 Å². The van der Waals surface area contributed by atoms with Gasteiger partial charge >= 0.3 is 0 Å². The molecule has 2 aromatic heterocycles. The van der Waals surface area contributed by atoms with Gasteiger partial charge in [0.2, 0.25) is 0 Å². The second kappa shape index (κ2) is 3.72. The standard InChI is InChI=1S/C9H13N5O/c1-6-9(5-14(3)11-6)10-4-8-7(2)12-15-13-8/h5,10H,4H2,1-3H3. The molecule has 0 amide bonds. The van der Waals surface area contributed by atoms with Gasteiger partial charge in [0.25, 0.3) is 0 Å². The Labute approximate surface area is 87.2 Å². The molecule has 15 heavy (non-hydrogen) atoms. The van der Waals surface area contributed by atoms with Gasteiger partial charge in [-0.05, 0) is 13.8 Å². The number of hydrogen-bond acceptors (Lipinski definition) is 5. The zero-order valence-corrected chi connectivity index (χ0v) is 8.98. The van der Waals surface area contributed by atoms with E-state index in [0.29, 0.717) is 6.54 Å². The number of aromatic nitrogens is 4. The Balaban J connectivity index is 2.05. The fourth-order valence-electron chi connectivity index (χ4n) is 1.36. The summed E-state index contributed by atoms with van der Waals surface area (Å²) in [7, 11) is 1.89. The van der Waals surface area contributed by atoms with Crippen molar-refractivity contribution in [3.8, 4) is 0 Å². The normalized spacial score (nSPS) is 10.6. The van der Waals surface area contributed by atoms with Crippen molar-refractivity contribution in [2.75, 3.05) is 5.32 Å². The van der Waals surface area contributed by atoms with Gasteiger partial charge in [-0.3, -0.25) is 4.68 Å². The lowest BCUT2D eigenvalue weighted by molar-refractivity contribution is 0.301. The lowest BCUT2D eigenvalue weighted by atomic mass is 10.3. The summed E-state index contributed by atoms with van der Waals surface area (Å²) in [6, 6.07) is 0. The van der Waals surface area contributed by atoms with Crippen molar-refractivity contribution in [1.29, 1.82) is 0 Å². The minimum atomic E-state index is 0.599. The van der Waals surface area contributed by atoms with Gasteiger partial charge in [0.05, 0.1) is 17.9 Å². The molecule has 0 aromatic carbocycles. The van der Waals surface area contributed by atoms with E-state index < -0.39 is 0 Å². The maximum absolute atomic E-state index is 4.61. The highest BCUT2D eigenvalue weighted by atomic mass is 16.6. The van der Waals surface area contributed by atoms with E-state index in [2.05, 4.69) is 25.4 Å². The fourth-order valence-corrected chi connectivity index (χ4v) is 1.36. The number of rotatable bonds is 3. The van der Waals surface area contributed by atoms with E-state index in [-0.39, 0.29) is 0 Å². The summed E-state index contributed by atoms with van der Waals surface area (Å²) in [5.74, 6) is 0. The summed E-state index contributed by atoms with van der Waals surface area (Å²) >= 11 is 0. The van der Waals surface area contributed by atoms with Gasteiger partial charge < -0.3 is 5.32 Å². The van der Waals surface area contributed by atoms with Crippen LogP contribution in [0.1, 0.15) is 17.1 Å². The quantitative estimate of drug-likeness (QED) is 0.814. The summed E-state index contributed by atoms with van der Waals surface area (Å²) in [4.78, 5) is 0. The Hall–Kier alpha value is -1.85. The first-order valence-electron chi connectivity index (χ1n) is 4.69. The predicted octanol–water partition coefficient (Wildman–Crippen LogP) is 1.03. The number of nitrogens with one attached hydrogen (secondary N) is 1. The molecule has 2 rings (SSSR count). The molecule has 80 valence electrons. The number of hydrogen-bond donors (Lipinski definition) is 1. The molecule has 2 aromatic rings. The van der Waals surface area contributed by atoms with Crippen LogP contribution in [0, 0.1) is 13.8 Å². The van der Waals surface area contributed by atoms with Crippen LogP contribution >= 0.6 is 0 Å². The zero-order valence-electron chi connectivity index (χ0n) is 8.98. The molecule has 6 nitrogen and oxygen atoms in total. The number of aryl methyl sites for hydroxylation is 3. The monoisotopic (exact) mass is 207 g/mol. The highest BCUT2D eigenvalue weighted by Gasteiger charge is 2.06. The van der Waals surface area contributed by atoms with Crippen molar-refractivity contribution in [1.82, 2.24) is 20.1 Å². The van der Waals surface area contributed by atoms with E-state index in [4.69, 9.17) is 0 Å². The molecular formula is C9H13N5O. The number of anilines is 1. The van der Waals surface area contributed by atoms with Crippen molar-refractivity contribution in [3.05, 3.63) is 23.3 Å². The summed E-state index contributed by atoms with van der Waals surface area (Å²) < 4.78 is 6.38. The molecule has 0 unspecified atom stereocenters. The first-order valence-corrected chi connectivity index (χ1v) is 4.69. The Bertz CT molecular complexity index is 459. The highest BCUT2D eigenvalue weighted by Crippen LogP contribution is 2.13. The van der Waals surface area contributed by atoms with Crippen LogP contribution in [-0.4, -0.2) is 20.1 Å².